The second-order valence-electron chi connectivity index (χ2n) is 5.10. The van der Waals surface area contributed by atoms with Gasteiger partial charge in [-0.3, -0.25) is 0 Å². The fraction of sp³-hybridized carbons (Fsp3) is 0.333. The molecule has 0 amide bonds. The van der Waals surface area contributed by atoms with Gasteiger partial charge in [0.15, 0.2) is 0 Å². The summed E-state index contributed by atoms with van der Waals surface area (Å²) in [4.78, 5) is 0.305. The van der Waals surface area contributed by atoms with Crippen molar-refractivity contribution in [1.82, 2.24) is 4.72 Å². The zero-order valence-corrected chi connectivity index (χ0v) is 12.7. The SMILES string of the molecule is Cc1ccc(S(=O)(=O)NC(C)Cc2ccoc2)cc1C. The quantitative estimate of drug-likeness (QED) is 0.922. The third-order valence-corrected chi connectivity index (χ3v) is 4.85. The van der Waals surface area contributed by atoms with E-state index in [1.807, 2.05) is 32.9 Å². The van der Waals surface area contributed by atoms with E-state index in [9.17, 15) is 8.42 Å². The van der Waals surface area contributed by atoms with E-state index >= 15 is 0 Å². The van der Waals surface area contributed by atoms with Gasteiger partial charge in [0.1, 0.15) is 0 Å². The molecule has 2 aromatic rings. The van der Waals surface area contributed by atoms with Crippen molar-refractivity contribution in [3.63, 3.8) is 0 Å². The molecular formula is C15H19NO3S. The van der Waals surface area contributed by atoms with Crippen molar-refractivity contribution < 1.29 is 12.8 Å². The summed E-state index contributed by atoms with van der Waals surface area (Å²) >= 11 is 0. The van der Waals surface area contributed by atoms with E-state index in [0.29, 0.717) is 11.3 Å². The summed E-state index contributed by atoms with van der Waals surface area (Å²) in [6.07, 6.45) is 3.81. The second-order valence-corrected chi connectivity index (χ2v) is 6.82. The number of rotatable bonds is 5. The van der Waals surface area contributed by atoms with Crippen LogP contribution >= 0.6 is 0 Å². The number of benzene rings is 1. The van der Waals surface area contributed by atoms with Crippen molar-refractivity contribution in [3.05, 3.63) is 53.5 Å². The van der Waals surface area contributed by atoms with Gasteiger partial charge in [-0.05, 0) is 62.1 Å². The number of nitrogens with one attached hydrogen (secondary N) is 1. The lowest BCUT2D eigenvalue weighted by Crippen LogP contribution is -2.34. The Morgan fingerprint density at radius 1 is 1.20 bits per heavy atom. The summed E-state index contributed by atoms with van der Waals surface area (Å²) in [5.74, 6) is 0. The van der Waals surface area contributed by atoms with Gasteiger partial charge >= 0.3 is 0 Å². The lowest BCUT2D eigenvalue weighted by molar-refractivity contribution is 0.549. The molecule has 1 N–H and O–H groups in total. The van der Waals surface area contributed by atoms with Crippen LogP contribution in [0.4, 0.5) is 0 Å². The zero-order chi connectivity index (χ0) is 14.8. The van der Waals surface area contributed by atoms with Crippen molar-refractivity contribution in [3.8, 4) is 0 Å². The number of hydrogen-bond acceptors (Lipinski definition) is 3. The standard InChI is InChI=1S/C15H19NO3S/c1-11-4-5-15(8-12(11)2)20(17,18)16-13(3)9-14-6-7-19-10-14/h4-8,10,13,16H,9H2,1-3H3. The minimum absolute atomic E-state index is 0.195. The topological polar surface area (TPSA) is 59.3 Å². The highest BCUT2D eigenvalue weighted by Gasteiger charge is 2.18. The normalized spacial score (nSPS) is 13.3. The Morgan fingerprint density at radius 2 is 1.95 bits per heavy atom. The highest BCUT2D eigenvalue weighted by Crippen LogP contribution is 2.15. The van der Waals surface area contributed by atoms with Crippen molar-refractivity contribution in [2.45, 2.75) is 38.1 Å². The minimum Gasteiger partial charge on any atom is -0.472 e. The second kappa shape index (κ2) is 5.81. The van der Waals surface area contributed by atoms with Crippen LogP contribution in [-0.2, 0) is 16.4 Å². The van der Waals surface area contributed by atoms with Gasteiger partial charge in [-0.2, -0.15) is 0 Å². The molecule has 0 fully saturated rings. The van der Waals surface area contributed by atoms with Crippen LogP contribution in [0.5, 0.6) is 0 Å². The van der Waals surface area contributed by atoms with Gasteiger partial charge in [-0.15, -0.1) is 0 Å². The molecule has 5 heteroatoms. The molecule has 0 aliphatic heterocycles. The molecule has 0 radical (unpaired) electrons. The fourth-order valence-corrected chi connectivity index (χ4v) is 3.35. The molecule has 20 heavy (non-hydrogen) atoms. The lowest BCUT2D eigenvalue weighted by Gasteiger charge is -2.14. The van der Waals surface area contributed by atoms with Gasteiger partial charge in [0, 0.05) is 6.04 Å². The van der Waals surface area contributed by atoms with Gasteiger partial charge in [0.25, 0.3) is 0 Å². The monoisotopic (exact) mass is 293 g/mol. The maximum Gasteiger partial charge on any atom is 0.240 e. The summed E-state index contributed by atoms with van der Waals surface area (Å²) in [6.45, 7) is 5.70. The molecule has 0 saturated carbocycles. The Hall–Kier alpha value is -1.59. The van der Waals surface area contributed by atoms with Crippen LogP contribution in [0.15, 0.2) is 46.1 Å². The van der Waals surface area contributed by atoms with E-state index in [4.69, 9.17) is 4.42 Å². The number of furan rings is 1. The smallest absolute Gasteiger partial charge is 0.240 e. The van der Waals surface area contributed by atoms with Gasteiger partial charge < -0.3 is 4.42 Å². The molecule has 0 saturated heterocycles. The molecule has 108 valence electrons. The van der Waals surface area contributed by atoms with E-state index in [1.54, 1.807) is 24.7 Å². The summed E-state index contributed by atoms with van der Waals surface area (Å²) in [7, 11) is -3.48. The summed E-state index contributed by atoms with van der Waals surface area (Å²) in [5.41, 5.74) is 3.02. The molecule has 2 rings (SSSR count). The number of hydrogen-bond donors (Lipinski definition) is 1. The Morgan fingerprint density at radius 3 is 2.55 bits per heavy atom. The highest BCUT2D eigenvalue weighted by molar-refractivity contribution is 7.89. The van der Waals surface area contributed by atoms with E-state index < -0.39 is 10.0 Å². The molecule has 1 aromatic carbocycles. The molecular weight excluding hydrogens is 274 g/mol. The fourth-order valence-electron chi connectivity index (χ4n) is 2.02. The number of sulfonamides is 1. The molecule has 0 spiro atoms. The minimum atomic E-state index is -3.48. The molecule has 1 heterocycles. The first-order valence-corrected chi connectivity index (χ1v) is 7.97. The van der Waals surface area contributed by atoms with Gasteiger partial charge in [-0.25, -0.2) is 13.1 Å². The van der Waals surface area contributed by atoms with Crippen LogP contribution in [0.25, 0.3) is 0 Å². The predicted octanol–water partition coefficient (Wildman–Crippen LogP) is 2.81. The van der Waals surface area contributed by atoms with Crippen molar-refractivity contribution in [2.75, 3.05) is 0 Å². The van der Waals surface area contributed by atoms with Crippen LogP contribution in [-0.4, -0.2) is 14.5 Å². The molecule has 4 nitrogen and oxygen atoms in total. The van der Waals surface area contributed by atoms with E-state index in [0.717, 1.165) is 16.7 Å². The first kappa shape index (κ1) is 14.8. The van der Waals surface area contributed by atoms with Crippen LogP contribution in [0.2, 0.25) is 0 Å². The Labute approximate surface area is 119 Å². The third kappa shape index (κ3) is 3.49. The maximum atomic E-state index is 12.3. The van der Waals surface area contributed by atoms with Crippen LogP contribution in [0.3, 0.4) is 0 Å². The van der Waals surface area contributed by atoms with Gasteiger partial charge in [0.2, 0.25) is 10.0 Å². The Kier molecular flexibility index (Phi) is 4.30. The summed E-state index contributed by atoms with van der Waals surface area (Å²) < 4.78 is 32.3. The Balaban J connectivity index is 2.12. The first-order valence-electron chi connectivity index (χ1n) is 6.49. The molecule has 0 bridgehead atoms. The molecule has 1 unspecified atom stereocenters. The van der Waals surface area contributed by atoms with E-state index in [2.05, 4.69) is 4.72 Å². The number of aryl methyl sites for hydroxylation is 2. The van der Waals surface area contributed by atoms with Crippen molar-refractivity contribution in [2.24, 2.45) is 0 Å². The predicted molar refractivity (Wildman–Crippen MR) is 78.1 cm³/mol. The summed E-state index contributed by atoms with van der Waals surface area (Å²) in [6, 6.07) is 6.79. The van der Waals surface area contributed by atoms with Crippen LogP contribution in [0, 0.1) is 13.8 Å². The zero-order valence-electron chi connectivity index (χ0n) is 11.9. The average molecular weight is 293 g/mol. The van der Waals surface area contributed by atoms with Gasteiger partial charge in [-0.1, -0.05) is 6.07 Å². The Bertz CT molecular complexity index is 675. The molecule has 1 aromatic heterocycles. The molecule has 0 aliphatic rings. The summed E-state index contributed by atoms with van der Waals surface area (Å²) in [5, 5.41) is 0. The third-order valence-electron chi connectivity index (χ3n) is 3.27. The van der Waals surface area contributed by atoms with Gasteiger partial charge in [0.05, 0.1) is 17.4 Å². The van der Waals surface area contributed by atoms with Crippen LogP contribution in [0.1, 0.15) is 23.6 Å². The average Bonchev–Trinajstić information content (AvgIpc) is 2.84. The lowest BCUT2D eigenvalue weighted by atomic mass is 10.1. The van der Waals surface area contributed by atoms with Crippen LogP contribution < -0.4 is 4.72 Å². The maximum absolute atomic E-state index is 12.3. The molecule has 1 atom stereocenters. The first-order chi connectivity index (χ1) is 9.38. The largest absolute Gasteiger partial charge is 0.472 e. The van der Waals surface area contributed by atoms with E-state index in [-0.39, 0.29) is 6.04 Å². The highest BCUT2D eigenvalue weighted by atomic mass is 32.2. The van der Waals surface area contributed by atoms with E-state index in [1.165, 1.54) is 0 Å². The van der Waals surface area contributed by atoms with Crippen molar-refractivity contribution >= 4 is 10.0 Å². The molecule has 0 aliphatic carbocycles. The van der Waals surface area contributed by atoms with Crippen molar-refractivity contribution in [1.29, 1.82) is 0 Å².